The molecule has 1 spiro atoms. The molecule has 0 aromatic carbocycles. The minimum Gasteiger partial charge on any atom is -0.382 e. The van der Waals surface area contributed by atoms with Gasteiger partial charge in [0.05, 0.1) is 11.7 Å². The third-order valence-electron chi connectivity index (χ3n) is 4.86. The average Bonchev–Trinajstić information content (AvgIpc) is 2.45. The van der Waals surface area contributed by atoms with Crippen LogP contribution >= 0.6 is 11.8 Å². The molecule has 112 valence electrons. The summed E-state index contributed by atoms with van der Waals surface area (Å²) in [5, 5.41) is 3.52. The van der Waals surface area contributed by atoms with Crippen LogP contribution < -0.4 is 5.32 Å². The average molecular weight is 287 g/mol. The minimum atomic E-state index is 0.194. The van der Waals surface area contributed by atoms with Crippen molar-refractivity contribution in [1.29, 1.82) is 0 Å². The number of hydrogen-bond acceptors (Lipinski definition) is 4. The lowest BCUT2D eigenvalue weighted by Gasteiger charge is -2.45. The van der Waals surface area contributed by atoms with Crippen LogP contribution in [0.5, 0.6) is 0 Å². The number of thioether (sulfide) groups is 1. The molecule has 19 heavy (non-hydrogen) atoms. The van der Waals surface area contributed by atoms with E-state index >= 15 is 0 Å². The predicted octanol–water partition coefficient (Wildman–Crippen LogP) is 2.69. The molecule has 0 saturated carbocycles. The maximum absolute atomic E-state index is 6.19. The number of ether oxygens (including phenoxy) is 2. The molecule has 1 N–H and O–H groups in total. The van der Waals surface area contributed by atoms with Crippen LogP contribution in [0.1, 0.15) is 39.0 Å². The van der Waals surface area contributed by atoms with E-state index < -0.39 is 0 Å². The molecule has 2 aliphatic heterocycles. The van der Waals surface area contributed by atoms with Crippen LogP contribution in [0, 0.1) is 5.92 Å². The van der Waals surface area contributed by atoms with Gasteiger partial charge >= 0.3 is 0 Å². The molecular formula is C15H29NO2S. The normalized spacial score (nSPS) is 30.2. The van der Waals surface area contributed by atoms with Crippen molar-refractivity contribution in [3.63, 3.8) is 0 Å². The molecule has 0 radical (unpaired) electrons. The Hall–Kier alpha value is 0.230. The van der Waals surface area contributed by atoms with Crippen LogP contribution in [-0.2, 0) is 9.47 Å². The van der Waals surface area contributed by atoms with Gasteiger partial charge in [0.1, 0.15) is 0 Å². The number of hydrogen-bond donors (Lipinski definition) is 1. The molecule has 2 heterocycles. The lowest BCUT2D eigenvalue weighted by Crippen LogP contribution is -2.48. The molecule has 3 unspecified atom stereocenters. The van der Waals surface area contributed by atoms with Gasteiger partial charge in [0.2, 0.25) is 0 Å². The summed E-state index contributed by atoms with van der Waals surface area (Å²) in [6, 6.07) is 0.560. The van der Waals surface area contributed by atoms with Crippen molar-refractivity contribution >= 4 is 11.8 Å². The van der Waals surface area contributed by atoms with Crippen LogP contribution in [0.4, 0.5) is 0 Å². The highest BCUT2D eigenvalue weighted by molar-refractivity contribution is 7.99. The van der Waals surface area contributed by atoms with Crippen molar-refractivity contribution in [1.82, 2.24) is 5.32 Å². The molecule has 2 fully saturated rings. The van der Waals surface area contributed by atoms with Crippen LogP contribution in [0.15, 0.2) is 0 Å². The van der Waals surface area contributed by atoms with Gasteiger partial charge in [-0.3, -0.25) is 0 Å². The van der Waals surface area contributed by atoms with E-state index in [9.17, 15) is 0 Å². The van der Waals surface area contributed by atoms with E-state index in [4.69, 9.17) is 9.47 Å². The third-order valence-corrected chi connectivity index (χ3v) is 5.85. The lowest BCUT2D eigenvalue weighted by molar-refractivity contribution is -0.108. The zero-order valence-corrected chi connectivity index (χ0v) is 13.4. The van der Waals surface area contributed by atoms with Crippen molar-refractivity contribution in [2.75, 3.05) is 32.3 Å². The second kappa shape index (κ2) is 7.30. The van der Waals surface area contributed by atoms with E-state index in [0.717, 1.165) is 18.9 Å². The smallest absolute Gasteiger partial charge is 0.0701 e. The second-order valence-corrected chi connectivity index (χ2v) is 7.30. The monoisotopic (exact) mass is 287 g/mol. The van der Waals surface area contributed by atoms with Gasteiger partial charge in [-0.25, -0.2) is 0 Å². The fourth-order valence-electron chi connectivity index (χ4n) is 3.50. The largest absolute Gasteiger partial charge is 0.382 e. The first-order valence-corrected chi connectivity index (χ1v) is 8.76. The van der Waals surface area contributed by atoms with Gasteiger partial charge in [-0.15, -0.1) is 0 Å². The van der Waals surface area contributed by atoms with Crippen molar-refractivity contribution in [2.45, 2.75) is 56.8 Å². The first kappa shape index (κ1) is 15.6. The Bertz CT molecular complexity index is 263. The highest BCUT2D eigenvalue weighted by Gasteiger charge is 2.40. The molecule has 3 nitrogen and oxygen atoms in total. The summed E-state index contributed by atoms with van der Waals surface area (Å²) in [6.07, 6.45) is 6.34. The third kappa shape index (κ3) is 4.10. The SMILES string of the molecule is CNC(CC(C)OC)C1CCOC2(CCSCC2)C1. The summed E-state index contributed by atoms with van der Waals surface area (Å²) in [5.41, 5.74) is 0.194. The summed E-state index contributed by atoms with van der Waals surface area (Å²) in [4.78, 5) is 0. The van der Waals surface area contributed by atoms with Crippen LogP contribution in [0.3, 0.4) is 0 Å². The topological polar surface area (TPSA) is 30.5 Å². The van der Waals surface area contributed by atoms with Gasteiger partial charge in [-0.2, -0.15) is 11.8 Å². The maximum atomic E-state index is 6.19. The predicted molar refractivity (Wildman–Crippen MR) is 81.9 cm³/mol. The van der Waals surface area contributed by atoms with E-state index in [1.54, 1.807) is 7.11 Å². The second-order valence-electron chi connectivity index (χ2n) is 6.07. The molecule has 2 aliphatic rings. The molecule has 4 heteroatoms. The molecule has 0 bridgehead atoms. The number of nitrogens with one attached hydrogen (secondary N) is 1. The Morgan fingerprint density at radius 3 is 2.79 bits per heavy atom. The standard InChI is InChI=1S/C15H29NO2S/c1-12(17-3)10-14(16-2)13-4-7-18-15(11-13)5-8-19-9-6-15/h12-14,16H,4-11H2,1-3H3. The van der Waals surface area contributed by atoms with E-state index in [1.807, 2.05) is 0 Å². The number of rotatable bonds is 5. The van der Waals surface area contributed by atoms with E-state index in [-0.39, 0.29) is 5.60 Å². The Balaban J connectivity index is 1.94. The summed E-state index contributed by atoms with van der Waals surface area (Å²) < 4.78 is 11.6. The Labute approximate surface area is 122 Å². The zero-order valence-electron chi connectivity index (χ0n) is 12.6. The first-order chi connectivity index (χ1) is 9.19. The zero-order chi connectivity index (χ0) is 13.7. The van der Waals surface area contributed by atoms with Crippen molar-refractivity contribution in [2.24, 2.45) is 5.92 Å². The number of methoxy groups -OCH3 is 1. The molecule has 3 atom stereocenters. The van der Waals surface area contributed by atoms with Crippen LogP contribution in [0.2, 0.25) is 0 Å². The van der Waals surface area contributed by atoms with Gasteiger partial charge in [0, 0.05) is 19.8 Å². The van der Waals surface area contributed by atoms with Crippen molar-refractivity contribution in [3.8, 4) is 0 Å². The Kier molecular flexibility index (Phi) is 6.00. The molecule has 0 aromatic rings. The van der Waals surface area contributed by atoms with Gasteiger partial charge < -0.3 is 14.8 Å². The van der Waals surface area contributed by atoms with Crippen LogP contribution in [0.25, 0.3) is 0 Å². The minimum absolute atomic E-state index is 0.194. The summed E-state index contributed by atoms with van der Waals surface area (Å²) in [6.45, 7) is 3.10. The molecule has 2 saturated heterocycles. The van der Waals surface area contributed by atoms with Gasteiger partial charge in [-0.1, -0.05) is 0 Å². The highest BCUT2D eigenvalue weighted by Crippen LogP contribution is 2.41. The van der Waals surface area contributed by atoms with Crippen molar-refractivity contribution < 1.29 is 9.47 Å². The molecule has 2 rings (SSSR count). The van der Waals surface area contributed by atoms with E-state index in [0.29, 0.717) is 12.1 Å². The molecule has 0 aromatic heterocycles. The van der Waals surface area contributed by atoms with Gasteiger partial charge in [-0.05, 0) is 63.5 Å². The molecular weight excluding hydrogens is 258 g/mol. The van der Waals surface area contributed by atoms with Gasteiger partial charge in [0.15, 0.2) is 0 Å². The molecule has 0 amide bonds. The summed E-state index contributed by atoms with van der Waals surface area (Å²) >= 11 is 2.08. The van der Waals surface area contributed by atoms with Crippen LogP contribution in [-0.4, -0.2) is 50.0 Å². The summed E-state index contributed by atoms with van der Waals surface area (Å²) in [5.74, 6) is 3.27. The van der Waals surface area contributed by atoms with E-state index in [1.165, 1.54) is 37.2 Å². The Morgan fingerprint density at radius 2 is 2.16 bits per heavy atom. The lowest BCUT2D eigenvalue weighted by atomic mass is 9.77. The van der Waals surface area contributed by atoms with Crippen molar-refractivity contribution in [3.05, 3.63) is 0 Å². The fraction of sp³-hybridized carbons (Fsp3) is 1.00. The quantitative estimate of drug-likeness (QED) is 0.842. The fourth-order valence-corrected chi connectivity index (χ4v) is 4.74. The van der Waals surface area contributed by atoms with E-state index in [2.05, 4.69) is 31.1 Å². The van der Waals surface area contributed by atoms with Gasteiger partial charge in [0.25, 0.3) is 0 Å². The molecule has 0 aliphatic carbocycles. The first-order valence-electron chi connectivity index (χ1n) is 7.61. The summed E-state index contributed by atoms with van der Waals surface area (Å²) in [7, 11) is 3.90. The highest BCUT2D eigenvalue weighted by atomic mass is 32.2. The maximum Gasteiger partial charge on any atom is 0.0701 e. The Morgan fingerprint density at radius 1 is 1.42 bits per heavy atom.